The Hall–Kier alpha value is -4.16. The summed E-state index contributed by atoms with van der Waals surface area (Å²) < 4.78 is 26.5. The van der Waals surface area contributed by atoms with Crippen LogP contribution in [0.15, 0.2) is 140 Å². The zero-order valence-electron chi connectivity index (χ0n) is 28.0. The molecule has 4 N–H and O–H groups in total. The maximum Gasteiger partial charge on any atom is 0.329 e. The van der Waals surface area contributed by atoms with Crippen LogP contribution in [0.3, 0.4) is 0 Å². The minimum atomic E-state index is -4.12. The summed E-state index contributed by atoms with van der Waals surface area (Å²) in [6.07, 6.45) is 7.10. The van der Waals surface area contributed by atoms with Crippen molar-refractivity contribution in [2.75, 3.05) is 0 Å². The monoisotopic (exact) mass is 881 g/mol. The van der Waals surface area contributed by atoms with E-state index in [1.54, 1.807) is 36.4 Å². The Morgan fingerprint density at radius 1 is 0.491 bits per heavy atom. The molecule has 2 aromatic heterocycles. The van der Waals surface area contributed by atoms with Crippen LogP contribution in [0.25, 0.3) is 33.4 Å². The molecule has 53 heavy (non-hydrogen) atoms. The molecule has 0 saturated carbocycles. The van der Waals surface area contributed by atoms with Crippen LogP contribution in [0.2, 0.25) is 0 Å². The summed E-state index contributed by atoms with van der Waals surface area (Å²) in [5.41, 5.74) is 7.85. The lowest BCUT2D eigenvalue weighted by Gasteiger charge is -2.08. The molecule has 0 aliphatic heterocycles. The Balaban J connectivity index is 0.00000314. The molecule has 4 aromatic carbocycles. The molecule has 0 radical (unpaired) electrons. The molecule has 0 bridgehead atoms. The van der Waals surface area contributed by atoms with E-state index < -0.39 is 15.2 Å². The van der Waals surface area contributed by atoms with Gasteiger partial charge in [-0.1, -0.05) is 78.9 Å². The van der Waals surface area contributed by atoms with Gasteiger partial charge in [-0.3, -0.25) is 19.2 Å². The molecule has 0 aliphatic carbocycles. The van der Waals surface area contributed by atoms with Crippen LogP contribution < -0.4 is 43.1 Å². The van der Waals surface area contributed by atoms with Gasteiger partial charge in [0, 0.05) is 41.5 Å². The molecule has 6 aromatic rings. The van der Waals surface area contributed by atoms with E-state index in [-0.39, 0.29) is 56.9 Å². The van der Waals surface area contributed by atoms with E-state index in [2.05, 4.69) is 0 Å². The minimum Gasteiger partial charge on any atom is -1.00 e. The first-order valence-electron chi connectivity index (χ1n) is 15.9. The smallest absolute Gasteiger partial charge is 0.329 e. The Bertz CT molecular complexity index is 2260. The topological polar surface area (TPSA) is 166 Å². The first-order valence-corrected chi connectivity index (χ1v) is 19.5. The molecule has 2 heterocycles. The summed E-state index contributed by atoms with van der Waals surface area (Å²) in [4.78, 5) is 48.5. The number of benzene rings is 4. The molecule has 6 rings (SSSR count). The van der Waals surface area contributed by atoms with Crippen molar-refractivity contribution >= 4 is 20.9 Å². The fourth-order valence-corrected chi connectivity index (χ4v) is 7.23. The Morgan fingerprint density at radius 2 is 0.830 bits per heavy atom. The van der Waals surface area contributed by atoms with Crippen molar-refractivity contribution in [3.05, 3.63) is 172 Å². The first-order chi connectivity index (χ1) is 24.3. The molecular weight excluding hydrogens is 848 g/mol. The number of aromatic nitrogens is 2. The maximum atomic E-state index is 12.2. The first kappa shape index (κ1) is 41.6. The zero-order chi connectivity index (χ0) is 36.2. The van der Waals surface area contributed by atoms with Gasteiger partial charge in [0.25, 0.3) is 5.69 Å². The van der Waals surface area contributed by atoms with Crippen molar-refractivity contribution in [1.29, 1.82) is 0 Å². The van der Waals surface area contributed by atoms with Crippen molar-refractivity contribution in [1.82, 2.24) is 0 Å². The molecule has 0 atom stereocenters. The van der Waals surface area contributed by atoms with Crippen molar-refractivity contribution in [3.8, 4) is 33.4 Å². The maximum absolute atomic E-state index is 12.2. The Labute approximate surface area is 327 Å². The van der Waals surface area contributed by atoms with Gasteiger partial charge in [-0.25, -0.2) is 9.13 Å². The highest BCUT2D eigenvalue weighted by molar-refractivity contribution is 7.51. The summed E-state index contributed by atoms with van der Waals surface area (Å²) >= 11 is 0. The van der Waals surface area contributed by atoms with Crippen molar-refractivity contribution < 1.29 is 76.7 Å². The lowest BCUT2D eigenvalue weighted by atomic mass is 9.97. The molecular formula is C38H35Br2N3O8P2. The highest BCUT2D eigenvalue weighted by atomic mass is 79.9. The standard InChI is InChI=1S/C38H33N3O8P2.2BrH/c42-41(43)38-23-36(34-17-21-40(22-18-34)25-29-3-7-31(8-4-29)27-51(47,48)49)13-14-37(38)35-11-9-32(10-12-35)33-15-19-39(20-16-33)24-28-1-5-30(6-2-28)26-50(44,45)46;;/h1-23H,24-27H2,(H2-2,44,45,46,47,48,49);2*1H. The number of nitro benzene ring substituents is 1. The molecule has 0 saturated heterocycles. The van der Waals surface area contributed by atoms with Crippen LogP contribution >= 0.6 is 15.2 Å². The van der Waals surface area contributed by atoms with Gasteiger partial charge in [-0.05, 0) is 45.0 Å². The Morgan fingerprint density at radius 3 is 1.23 bits per heavy atom. The summed E-state index contributed by atoms with van der Waals surface area (Å²) in [5, 5.41) is 12.2. The number of hydrogen-bond donors (Lipinski definition) is 4. The van der Waals surface area contributed by atoms with Crippen molar-refractivity contribution in [2.24, 2.45) is 0 Å². The fourth-order valence-electron chi connectivity index (χ4n) is 5.86. The second-order valence-electron chi connectivity index (χ2n) is 12.4. The number of pyridine rings is 2. The van der Waals surface area contributed by atoms with Crippen molar-refractivity contribution in [3.63, 3.8) is 0 Å². The predicted octanol–water partition coefficient (Wildman–Crippen LogP) is 0.631. The summed E-state index contributed by atoms with van der Waals surface area (Å²) in [7, 11) is -8.23. The third kappa shape index (κ3) is 11.7. The molecule has 11 nitrogen and oxygen atoms in total. The van der Waals surface area contributed by atoms with Crippen LogP contribution in [0.1, 0.15) is 22.3 Å². The normalized spacial score (nSPS) is 11.3. The van der Waals surface area contributed by atoms with E-state index in [0.717, 1.165) is 33.4 Å². The summed E-state index contributed by atoms with van der Waals surface area (Å²) in [6, 6.07) is 34.9. The fraction of sp³-hybridized carbons (Fsp3) is 0.105. The predicted molar refractivity (Wildman–Crippen MR) is 192 cm³/mol. The molecule has 0 spiro atoms. The summed E-state index contributed by atoms with van der Waals surface area (Å²) in [6.45, 7) is 1.15. The largest absolute Gasteiger partial charge is 1.00 e. The van der Waals surface area contributed by atoms with E-state index in [4.69, 9.17) is 0 Å². The van der Waals surface area contributed by atoms with Gasteiger partial charge in [0.15, 0.2) is 37.9 Å². The molecule has 0 amide bonds. The SMILES string of the molecule is O=[N+]([O-])c1cc(-c2cc[n+](Cc3ccc(CP(=O)(O)O)cc3)cc2)ccc1-c1ccc(-c2cc[n+](Cc3ccc(CP(=O)(O)O)cc3)cc2)cc1.[Br-].[Br-]. The molecule has 0 fully saturated rings. The Kier molecular flexibility index (Phi) is 14.0. The second kappa shape index (κ2) is 17.8. The number of halogens is 2. The van der Waals surface area contributed by atoms with Crippen LogP contribution in [-0.4, -0.2) is 24.5 Å². The lowest BCUT2D eigenvalue weighted by Crippen LogP contribution is -3.00. The van der Waals surface area contributed by atoms with Gasteiger partial charge in [-0.2, -0.15) is 0 Å². The number of nitrogens with zero attached hydrogens (tertiary/aromatic N) is 3. The summed E-state index contributed by atoms with van der Waals surface area (Å²) in [5.74, 6) is 0. The average Bonchev–Trinajstić information content (AvgIpc) is 3.09. The van der Waals surface area contributed by atoms with E-state index in [1.807, 2.05) is 113 Å². The molecule has 0 aliphatic rings. The second-order valence-corrected chi connectivity index (χ2v) is 15.7. The lowest BCUT2D eigenvalue weighted by molar-refractivity contribution is -0.688. The molecule has 0 unspecified atom stereocenters. The number of rotatable bonds is 12. The van der Waals surface area contributed by atoms with Gasteiger partial charge in [-0.15, -0.1) is 0 Å². The third-order valence-corrected chi connectivity index (χ3v) is 9.95. The van der Waals surface area contributed by atoms with Crippen molar-refractivity contribution in [2.45, 2.75) is 25.4 Å². The van der Waals surface area contributed by atoms with Crippen LogP contribution in [0, 0.1) is 10.1 Å². The third-order valence-electron chi connectivity index (χ3n) is 8.39. The van der Waals surface area contributed by atoms with Gasteiger partial charge < -0.3 is 53.5 Å². The van der Waals surface area contributed by atoms with E-state index in [1.165, 1.54) is 0 Å². The zero-order valence-corrected chi connectivity index (χ0v) is 33.0. The van der Waals surface area contributed by atoms with Crippen LogP contribution in [-0.2, 0) is 34.5 Å². The highest BCUT2D eigenvalue weighted by Gasteiger charge is 2.19. The van der Waals surface area contributed by atoms with Crippen LogP contribution in [0.4, 0.5) is 5.69 Å². The number of nitro groups is 1. The van der Waals surface area contributed by atoms with E-state index in [0.29, 0.717) is 35.3 Å². The van der Waals surface area contributed by atoms with Crippen LogP contribution in [0.5, 0.6) is 0 Å². The van der Waals surface area contributed by atoms with Gasteiger partial charge in [0.05, 0.1) is 22.8 Å². The van der Waals surface area contributed by atoms with Gasteiger partial charge in [0.2, 0.25) is 0 Å². The van der Waals surface area contributed by atoms with E-state index >= 15 is 0 Å². The molecule has 274 valence electrons. The quantitative estimate of drug-likeness (QED) is 0.0602. The molecule has 15 heteroatoms. The van der Waals surface area contributed by atoms with Gasteiger partial charge >= 0.3 is 15.2 Å². The highest BCUT2D eigenvalue weighted by Crippen LogP contribution is 2.40. The average molecular weight is 883 g/mol. The minimum absolute atomic E-state index is 0. The number of hydrogen-bond acceptors (Lipinski definition) is 4. The van der Waals surface area contributed by atoms with E-state index in [9.17, 15) is 38.8 Å². The van der Waals surface area contributed by atoms with Gasteiger partial charge in [0.1, 0.15) is 0 Å².